The lowest BCUT2D eigenvalue weighted by atomic mass is 10.1. The normalized spacial score (nSPS) is 14.9. The summed E-state index contributed by atoms with van der Waals surface area (Å²) < 4.78 is 1.41. The number of nitrogens with zero attached hydrogens (tertiary/aromatic N) is 4. The van der Waals surface area contributed by atoms with E-state index in [2.05, 4.69) is 10.1 Å². The van der Waals surface area contributed by atoms with Crippen molar-refractivity contribution < 1.29 is 4.79 Å². The molecule has 8 heteroatoms. The maximum absolute atomic E-state index is 13.3. The standard InChI is InChI=1S/C24H20N4O3S/c1-3-12-27-18-7-5-4-6-16(18)19(22(27)30)20-23(31)28-24(32-20)25-21(29)17(26-28)13-15-10-8-14(2)9-11-15/h4-11H,3,12-13H2,1-2H3/b20-19+. The topological polar surface area (TPSA) is 84.6 Å². The molecule has 0 saturated carbocycles. The Morgan fingerprint density at radius 3 is 2.50 bits per heavy atom. The lowest BCUT2D eigenvalue weighted by Crippen LogP contribution is -2.33. The number of benzene rings is 2. The summed E-state index contributed by atoms with van der Waals surface area (Å²) in [6.45, 7) is 4.55. The molecule has 1 amide bonds. The van der Waals surface area contributed by atoms with E-state index in [1.807, 2.05) is 62.4 Å². The number of aromatic nitrogens is 3. The van der Waals surface area contributed by atoms with Crippen molar-refractivity contribution in [2.24, 2.45) is 0 Å². The van der Waals surface area contributed by atoms with Crippen molar-refractivity contribution in [3.8, 4) is 0 Å². The number of rotatable bonds is 4. The van der Waals surface area contributed by atoms with Gasteiger partial charge in [0.15, 0.2) is 0 Å². The minimum absolute atomic E-state index is 0.189. The van der Waals surface area contributed by atoms with Gasteiger partial charge in [0.2, 0.25) is 4.96 Å². The summed E-state index contributed by atoms with van der Waals surface area (Å²) in [5.74, 6) is -0.209. The molecule has 1 aliphatic rings. The molecule has 0 bridgehead atoms. The van der Waals surface area contributed by atoms with Crippen LogP contribution in [0.3, 0.4) is 0 Å². The van der Waals surface area contributed by atoms with Crippen molar-refractivity contribution in [2.45, 2.75) is 26.7 Å². The summed E-state index contributed by atoms with van der Waals surface area (Å²) in [7, 11) is 0. The number of aryl methyl sites for hydroxylation is 1. The molecule has 0 unspecified atom stereocenters. The van der Waals surface area contributed by atoms with E-state index < -0.39 is 11.1 Å². The number of fused-ring (bicyclic) bond motifs is 2. The minimum atomic E-state index is -0.464. The highest BCUT2D eigenvalue weighted by molar-refractivity contribution is 7.15. The van der Waals surface area contributed by atoms with Crippen LogP contribution in [0.5, 0.6) is 0 Å². The average Bonchev–Trinajstić information content (AvgIpc) is 3.24. The molecule has 0 spiro atoms. The van der Waals surface area contributed by atoms with E-state index in [9.17, 15) is 14.4 Å². The summed E-state index contributed by atoms with van der Waals surface area (Å²) in [6.07, 6.45) is 1.08. The van der Waals surface area contributed by atoms with E-state index in [1.165, 1.54) is 0 Å². The van der Waals surface area contributed by atoms with Crippen molar-refractivity contribution >= 4 is 33.5 Å². The van der Waals surface area contributed by atoms with Crippen molar-refractivity contribution in [3.05, 3.63) is 96.2 Å². The Morgan fingerprint density at radius 1 is 1.00 bits per heavy atom. The Hall–Kier alpha value is -3.65. The largest absolute Gasteiger partial charge is 0.308 e. The van der Waals surface area contributed by atoms with E-state index in [-0.39, 0.29) is 27.5 Å². The molecule has 0 radical (unpaired) electrons. The van der Waals surface area contributed by atoms with Crippen LogP contribution in [0.25, 0.3) is 10.5 Å². The summed E-state index contributed by atoms with van der Waals surface area (Å²) in [5, 5.41) is 4.32. The number of carbonyl (C=O) groups excluding carboxylic acids is 1. The van der Waals surface area contributed by atoms with Gasteiger partial charge in [-0.25, -0.2) is 0 Å². The SMILES string of the molecule is CCCN1C(=O)/C(=c2/sc3nc(=O)c(Cc4ccc(C)cc4)nn3c2=O)c2ccccc21. The Kier molecular flexibility index (Phi) is 4.94. The van der Waals surface area contributed by atoms with Crippen LogP contribution in [0.15, 0.2) is 58.1 Å². The zero-order valence-corrected chi connectivity index (χ0v) is 18.5. The Bertz CT molecular complexity index is 1540. The Morgan fingerprint density at radius 2 is 1.75 bits per heavy atom. The molecule has 5 rings (SSSR count). The Labute approximate surface area is 187 Å². The zero-order valence-electron chi connectivity index (χ0n) is 17.7. The summed E-state index contributed by atoms with van der Waals surface area (Å²) in [4.78, 5) is 45.1. The quantitative estimate of drug-likeness (QED) is 0.481. The third-order valence-electron chi connectivity index (χ3n) is 5.52. The van der Waals surface area contributed by atoms with Crippen LogP contribution in [-0.4, -0.2) is 27.0 Å². The second kappa shape index (κ2) is 7.80. The fourth-order valence-electron chi connectivity index (χ4n) is 3.95. The first-order valence-electron chi connectivity index (χ1n) is 10.4. The highest BCUT2D eigenvalue weighted by Crippen LogP contribution is 2.35. The molecule has 3 heterocycles. The van der Waals surface area contributed by atoms with Gasteiger partial charge in [-0.15, -0.1) is 0 Å². The van der Waals surface area contributed by atoms with Crippen LogP contribution >= 0.6 is 11.3 Å². The maximum atomic E-state index is 13.3. The average molecular weight is 445 g/mol. The summed E-state index contributed by atoms with van der Waals surface area (Å²) in [5.41, 5.74) is 3.20. The fraction of sp³-hybridized carbons (Fsp3) is 0.208. The number of thiazole rings is 1. The first-order chi connectivity index (χ1) is 15.5. The Balaban J connectivity index is 1.70. The molecule has 0 aliphatic carbocycles. The lowest BCUT2D eigenvalue weighted by Gasteiger charge is -2.15. The molecule has 0 N–H and O–H groups in total. The number of anilines is 1. The van der Waals surface area contributed by atoms with E-state index in [1.54, 1.807) is 4.90 Å². The van der Waals surface area contributed by atoms with Gasteiger partial charge in [0.25, 0.3) is 17.0 Å². The first kappa shape index (κ1) is 20.3. The third kappa shape index (κ3) is 3.23. The molecule has 7 nitrogen and oxygen atoms in total. The predicted octanol–water partition coefficient (Wildman–Crippen LogP) is 2.08. The fourth-order valence-corrected chi connectivity index (χ4v) is 4.94. The van der Waals surface area contributed by atoms with Crippen LogP contribution in [0.2, 0.25) is 0 Å². The maximum Gasteiger partial charge on any atom is 0.296 e. The van der Waals surface area contributed by atoms with Gasteiger partial charge >= 0.3 is 0 Å². The number of hydrogen-bond acceptors (Lipinski definition) is 6. The highest BCUT2D eigenvalue weighted by Gasteiger charge is 2.33. The van der Waals surface area contributed by atoms with Gasteiger partial charge in [0.05, 0.1) is 11.3 Å². The molecule has 2 aromatic heterocycles. The monoisotopic (exact) mass is 444 g/mol. The van der Waals surface area contributed by atoms with E-state index in [4.69, 9.17) is 0 Å². The highest BCUT2D eigenvalue weighted by atomic mass is 32.1. The minimum Gasteiger partial charge on any atom is -0.308 e. The molecule has 32 heavy (non-hydrogen) atoms. The van der Waals surface area contributed by atoms with Gasteiger partial charge in [-0.2, -0.15) is 14.6 Å². The number of hydrogen-bond donors (Lipinski definition) is 0. The van der Waals surface area contributed by atoms with Gasteiger partial charge in [-0.1, -0.05) is 66.3 Å². The number of amides is 1. The summed E-state index contributed by atoms with van der Waals surface area (Å²) in [6, 6.07) is 15.2. The summed E-state index contributed by atoms with van der Waals surface area (Å²) >= 11 is 1.03. The molecule has 160 valence electrons. The second-order valence-electron chi connectivity index (χ2n) is 7.81. The third-order valence-corrected chi connectivity index (χ3v) is 6.55. The van der Waals surface area contributed by atoms with E-state index >= 15 is 0 Å². The van der Waals surface area contributed by atoms with Gasteiger partial charge in [0, 0.05) is 18.5 Å². The molecular formula is C24H20N4O3S. The van der Waals surface area contributed by atoms with Gasteiger partial charge < -0.3 is 4.90 Å². The van der Waals surface area contributed by atoms with Crippen LogP contribution in [0.4, 0.5) is 5.69 Å². The van der Waals surface area contributed by atoms with Crippen molar-refractivity contribution in [1.29, 1.82) is 0 Å². The molecule has 0 fully saturated rings. The zero-order chi connectivity index (χ0) is 22.4. The van der Waals surface area contributed by atoms with Gasteiger partial charge in [-0.05, 0) is 25.0 Å². The molecule has 0 saturated heterocycles. The van der Waals surface area contributed by atoms with Crippen molar-refractivity contribution in [3.63, 3.8) is 0 Å². The number of carbonyl (C=O) groups is 1. The molecular weight excluding hydrogens is 424 g/mol. The van der Waals surface area contributed by atoms with Crippen molar-refractivity contribution in [1.82, 2.24) is 14.6 Å². The smallest absolute Gasteiger partial charge is 0.296 e. The number of para-hydroxylation sites is 1. The van der Waals surface area contributed by atoms with Crippen LogP contribution < -0.4 is 20.6 Å². The first-order valence-corrected chi connectivity index (χ1v) is 11.2. The van der Waals surface area contributed by atoms with Gasteiger partial charge in [0.1, 0.15) is 10.2 Å². The predicted molar refractivity (Wildman–Crippen MR) is 124 cm³/mol. The lowest BCUT2D eigenvalue weighted by molar-refractivity contribution is -0.113. The van der Waals surface area contributed by atoms with Crippen LogP contribution in [0.1, 0.15) is 35.7 Å². The molecule has 1 aliphatic heterocycles. The second-order valence-corrected chi connectivity index (χ2v) is 8.78. The van der Waals surface area contributed by atoms with Crippen molar-refractivity contribution in [2.75, 3.05) is 11.4 Å². The van der Waals surface area contributed by atoms with Crippen LogP contribution in [0, 0.1) is 6.92 Å². The van der Waals surface area contributed by atoms with E-state index in [0.29, 0.717) is 12.1 Å². The van der Waals surface area contributed by atoms with E-state index in [0.717, 1.165) is 44.7 Å². The molecule has 4 aromatic rings. The van der Waals surface area contributed by atoms with Crippen LogP contribution in [-0.2, 0) is 11.2 Å². The molecule has 2 aromatic carbocycles. The molecule has 0 atom stereocenters. The van der Waals surface area contributed by atoms with Gasteiger partial charge in [-0.3, -0.25) is 14.4 Å².